The Bertz CT molecular complexity index is 246. The first kappa shape index (κ1) is 11.9. The van der Waals surface area contributed by atoms with Crippen LogP contribution in [0.2, 0.25) is 0 Å². The van der Waals surface area contributed by atoms with Gasteiger partial charge in [0.25, 0.3) is 0 Å². The van der Waals surface area contributed by atoms with E-state index in [1.807, 2.05) is 0 Å². The standard InChI is InChI=1S/C10H17NO4/c1-15-9(12)5-8-10(11(13)14)6-3-2-4-7-10/h2-8H2,1H3. The number of hydrogen-bond acceptors (Lipinski definition) is 4. The lowest BCUT2D eigenvalue weighted by Crippen LogP contribution is -2.40. The van der Waals surface area contributed by atoms with E-state index in [4.69, 9.17) is 0 Å². The summed E-state index contributed by atoms with van der Waals surface area (Å²) in [5.74, 6) is -0.359. The van der Waals surface area contributed by atoms with Crippen LogP contribution in [0.4, 0.5) is 0 Å². The zero-order chi connectivity index (χ0) is 11.3. The van der Waals surface area contributed by atoms with Gasteiger partial charge in [0, 0.05) is 24.2 Å². The van der Waals surface area contributed by atoms with Gasteiger partial charge in [-0.15, -0.1) is 0 Å². The molecule has 86 valence electrons. The van der Waals surface area contributed by atoms with E-state index < -0.39 is 5.54 Å². The molecule has 0 radical (unpaired) electrons. The molecule has 5 heteroatoms. The highest BCUT2D eigenvalue weighted by molar-refractivity contribution is 5.69. The predicted octanol–water partition coefficient (Wildman–Crippen LogP) is 1.92. The molecule has 1 rings (SSSR count). The van der Waals surface area contributed by atoms with Crippen LogP contribution in [0.1, 0.15) is 44.9 Å². The molecule has 0 bridgehead atoms. The predicted molar refractivity (Wildman–Crippen MR) is 54.1 cm³/mol. The number of hydrogen-bond donors (Lipinski definition) is 0. The quantitative estimate of drug-likeness (QED) is 0.408. The minimum atomic E-state index is -0.869. The Labute approximate surface area is 88.9 Å². The van der Waals surface area contributed by atoms with Crippen LogP contribution in [0, 0.1) is 10.1 Å². The number of rotatable bonds is 4. The third kappa shape index (κ3) is 2.91. The highest BCUT2D eigenvalue weighted by atomic mass is 16.6. The van der Waals surface area contributed by atoms with E-state index in [9.17, 15) is 14.9 Å². The van der Waals surface area contributed by atoms with E-state index in [0.29, 0.717) is 19.3 Å². The minimum Gasteiger partial charge on any atom is -0.469 e. The van der Waals surface area contributed by atoms with Crippen LogP contribution in [0.5, 0.6) is 0 Å². The van der Waals surface area contributed by atoms with Crippen LogP contribution in [0.15, 0.2) is 0 Å². The molecule has 1 fully saturated rings. The van der Waals surface area contributed by atoms with Crippen molar-refractivity contribution in [1.29, 1.82) is 0 Å². The van der Waals surface area contributed by atoms with Crippen LogP contribution in [-0.4, -0.2) is 23.5 Å². The number of nitrogens with zero attached hydrogens (tertiary/aromatic N) is 1. The lowest BCUT2D eigenvalue weighted by atomic mass is 9.79. The van der Waals surface area contributed by atoms with E-state index in [2.05, 4.69) is 4.74 Å². The Hall–Kier alpha value is -1.13. The van der Waals surface area contributed by atoms with Gasteiger partial charge in [-0.3, -0.25) is 14.9 Å². The van der Waals surface area contributed by atoms with E-state index in [0.717, 1.165) is 19.3 Å². The lowest BCUT2D eigenvalue weighted by molar-refractivity contribution is -0.576. The number of carbonyl (C=O) groups excluding carboxylic acids is 1. The SMILES string of the molecule is COC(=O)CCC1([N+](=O)[O-])CCCCC1. The molecule has 0 aromatic heterocycles. The number of methoxy groups -OCH3 is 1. The largest absolute Gasteiger partial charge is 0.469 e. The van der Waals surface area contributed by atoms with E-state index in [1.54, 1.807) is 0 Å². The average molecular weight is 215 g/mol. The lowest BCUT2D eigenvalue weighted by Gasteiger charge is -2.28. The molecule has 0 aliphatic heterocycles. The molecule has 0 unspecified atom stereocenters. The first-order valence-electron chi connectivity index (χ1n) is 5.32. The summed E-state index contributed by atoms with van der Waals surface area (Å²) in [7, 11) is 1.31. The van der Waals surface area contributed by atoms with Crippen molar-refractivity contribution in [3.63, 3.8) is 0 Å². The zero-order valence-corrected chi connectivity index (χ0v) is 9.03. The molecule has 1 aliphatic rings. The summed E-state index contributed by atoms with van der Waals surface area (Å²) in [4.78, 5) is 21.8. The molecular formula is C10H17NO4. The molecule has 0 amide bonds. The minimum absolute atomic E-state index is 0.150. The topological polar surface area (TPSA) is 69.4 Å². The summed E-state index contributed by atoms with van der Waals surface area (Å²) in [6.07, 6.45) is 4.50. The fourth-order valence-electron chi connectivity index (χ4n) is 2.17. The maximum atomic E-state index is 11.0. The average Bonchev–Trinajstić information content (AvgIpc) is 2.27. The van der Waals surface area contributed by atoms with E-state index >= 15 is 0 Å². The zero-order valence-electron chi connectivity index (χ0n) is 9.03. The number of carbonyl (C=O) groups is 1. The Balaban J connectivity index is 2.57. The molecule has 0 aromatic rings. The number of esters is 1. The molecule has 1 saturated carbocycles. The van der Waals surface area contributed by atoms with Crippen molar-refractivity contribution < 1.29 is 14.5 Å². The number of ether oxygens (including phenoxy) is 1. The third-order valence-electron chi connectivity index (χ3n) is 3.19. The van der Waals surface area contributed by atoms with Crippen molar-refractivity contribution in [3.8, 4) is 0 Å². The summed E-state index contributed by atoms with van der Waals surface area (Å²) in [5.41, 5.74) is -0.869. The fourth-order valence-corrected chi connectivity index (χ4v) is 2.17. The van der Waals surface area contributed by atoms with Gasteiger partial charge in [-0.25, -0.2) is 0 Å². The molecule has 0 spiro atoms. The summed E-state index contributed by atoms with van der Waals surface area (Å²) in [5, 5.41) is 11.0. The second kappa shape index (κ2) is 5.09. The molecule has 0 aromatic carbocycles. The van der Waals surface area contributed by atoms with Crippen molar-refractivity contribution in [2.45, 2.75) is 50.5 Å². The molecule has 1 aliphatic carbocycles. The van der Waals surface area contributed by atoms with Crippen LogP contribution >= 0.6 is 0 Å². The normalized spacial score (nSPS) is 19.5. The maximum Gasteiger partial charge on any atom is 0.305 e. The second-order valence-corrected chi connectivity index (χ2v) is 4.12. The van der Waals surface area contributed by atoms with Crippen LogP contribution in [0.3, 0.4) is 0 Å². The molecule has 5 nitrogen and oxygen atoms in total. The van der Waals surface area contributed by atoms with Gasteiger partial charge in [0.1, 0.15) is 0 Å². The third-order valence-corrected chi connectivity index (χ3v) is 3.19. The van der Waals surface area contributed by atoms with Crippen LogP contribution in [0.25, 0.3) is 0 Å². The summed E-state index contributed by atoms with van der Waals surface area (Å²) in [6.45, 7) is 0. The van der Waals surface area contributed by atoms with Crippen molar-refractivity contribution in [3.05, 3.63) is 10.1 Å². The Morgan fingerprint density at radius 2 is 2.00 bits per heavy atom. The first-order chi connectivity index (χ1) is 7.10. The molecule has 0 atom stereocenters. The summed E-state index contributed by atoms with van der Waals surface area (Å²) >= 11 is 0. The van der Waals surface area contributed by atoms with Crippen molar-refractivity contribution in [2.24, 2.45) is 0 Å². The first-order valence-corrected chi connectivity index (χ1v) is 5.32. The monoisotopic (exact) mass is 215 g/mol. The highest BCUT2D eigenvalue weighted by Crippen LogP contribution is 2.34. The Kier molecular flexibility index (Phi) is 4.05. The molecular weight excluding hydrogens is 198 g/mol. The van der Waals surface area contributed by atoms with Crippen molar-refractivity contribution >= 4 is 5.97 Å². The highest BCUT2D eigenvalue weighted by Gasteiger charge is 2.43. The fraction of sp³-hybridized carbons (Fsp3) is 0.900. The Morgan fingerprint density at radius 1 is 1.40 bits per heavy atom. The Morgan fingerprint density at radius 3 is 2.47 bits per heavy atom. The maximum absolute atomic E-state index is 11.0. The molecule has 15 heavy (non-hydrogen) atoms. The summed E-state index contributed by atoms with van der Waals surface area (Å²) in [6, 6.07) is 0. The van der Waals surface area contributed by atoms with Gasteiger partial charge in [-0.1, -0.05) is 6.42 Å². The van der Waals surface area contributed by atoms with E-state index in [-0.39, 0.29) is 17.3 Å². The van der Waals surface area contributed by atoms with Gasteiger partial charge in [0.15, 0.2) is 0 Å². The summed E-state index contributed by atoms with van der Waals surface area (Å²) < 4.78 is 4.50. The smallest absolute Gasteiger partial charge is 0.305 e. The van der Waals surface area contributed by atoms with Gasteiger partial charge >= 0.3 is 5.97 Å². The molecule has 0 saturated heterocycles. The molecule has 0 heterocycles. The van der Waals surface area contributed by atoms with E-state index in [1.165, 1.54) is 7.11 Å². The molecule has 0 N–H and O–H groups in total. The van der Waals surface area contributed by atoms with Crippen LogP contribution < -0.4 is 0 Å². The van der Waals surface area contributed by atoms with Crippen molar-refractivity contribution in [1.82, 2.24) is 0 Å². The van der Waals surface area contributed by atoms with Crippen molar-refractivity contribution in [2.75, 3.05) is 7.11 Å². The number of nitro groups is 1. The van der Waals surface area contributed by atoms with Gasteiger partial charge < -0.3 is 4.74 Å². The van der Waals surface area contributed by atoms with Gasteiger partial charge in [-0.05, 0) is 12.8 Å². The van der Waals surface area contributed by atoms with Gasteiger partial charge in [0.05, 0.1) is 13.5 Å². The van der Waals surface area contributed by atoms with Crippen LogP contribution in [-0.2, 0) is 9.53 Å². The second-order valence-electron chi connectivity index (χ2n) is 4.12. The van der Waals surface area contributed by atoms with Gasteiger partial charge in [-0.2, -0.15) is 0 Å². The van der Waals surface area contributed by atoms with Gasteiger partial charge in [0.2, 0.25) is 5.54 Å².